The number of aryl methyl sites for hydroxylation is 1. The summed E-state index contributed by atoms with van der Waals surface area (Å²) in [7, 11) is 1.63. The molecule has 1 atom stereocenters. The molecule has 0 aliphatic heterocycles. The van der Waals surface area contributed by atoms with Gasteiger partial charge in [-0.1, -0.05) is 0 Å². The number of hydrogen-bond donors (Lipinski definition) is 2. The second kappa shape index (κ2) is 5.40. The summed E-state index contributed by atoms with van der Waals surface area (Å²) in [5.41, 5.74) is 7.75. The highest BCUT2D eigenvalue weighted by molar-refractivity contribution is 5.92. The van der Waals surface area contributed by atoms with Crippen LogP contribution < -0.4 is 15.8 Å². The summed E-state index contributed by atoms with van der Waals surface area (Å²) < 4.78 is 5.13. The van der Waals surface area contributed by atoms with Gasteiger partial charge in [-0.15, -0.1) is 0 Å². The van der Waals surface area contributed by atoms with E-state index in [2.05, 4.69) is 5.32 Å². The topological polar surface area (TPSA) is 64.3 Å². The van der Waals surface area contributed by atoms with Crippen molar-refractivity contribution in [2.45, 2.75) is 32.2 Å². The SMILES string of the molecule is COc1ccc(NC(=O)CC(N)C2CC2)c(C)c1. The first-order valence-electron chi connectivity index (χ1n) is 6.30. The maximum absolute atomic E-state index is 11.8. The predicted octanol–water partition coefficient (Wildman–Crippen LogP) is 2.07. The van der Waals surface area contributed by atoms with E-state index >= 15 is 0 Å². The van der Waals surface area contributed by atoms with Crippen molar-refractivity contribution in [2.24, 2.45) is 11.7 Å². The van der Waals surface area contributed by atoms with Crippen LogP contribution in [0.25, 0.3) is 0 Å². The van der Waals surface area contributed by atoms with Crippen molar-refractivity contribution in [3.8, 4) is 5.75 Å². The fourth-order valence-electron chi connectivity index (χ4n) is 2.01. The van der Waals surface area contributed by atoms with Crippen LogP contribution in [0.1, 0.15) is 24.8 Å². The second-order valence-electron chi connectivity index (χ2n) is 4.93. The van der Waals surface area contributed by atoms with Gasteiger partial charge >= 0.3 is 0 Å². The lowest BCUT2D eigenvalue weighted by molar-refractivity contribution is -0.116. The zero-order chi connectivity index (χ0) is 13.1. The number of hydrogen-bond acceptors (Lipinski definition) is 3. The number of nitrogens with one attached hydrogen (secondary N) is 1. The third kappa shape index (κ3) is 3.23. The largest absolute Gasteiger partial charge is 0.497 e. The molecule has 1 fully saturated rings. The number of anilines is 1. The van der Waals surface area contributed by atoms with Crippen LogP contribution in [0.15, 0.2) is 18.2 Å². The molecular weight excluding hydrogens is 228 g/mol. The minimum atomic E-state index is -0.0114. The van der Waals surface area contributed by atoms with E-state index in [0.717, 1.165) is 29.8 Å². The molecule has 1 saturated carbocycles. The Morgan fingerprint density at radius 3 is 2.83 bits per heavy atom. The number of amides is 1. The van der Waals surface area contributed by atoms with Gasteiger partial charge in [0.1, 0.15) is 5.75 Å². The third-order valence-corrected chi connectivity index (χ3v) is 3.36. The van der Waals surface area contributed by atoms with Crippen LogP contribution in [0.2, 0.25) is 0 Å². The van der Waals surface area contributed by atoms with Crippen molar-refractivity contribution in [1.82, 2.24) is 0 Å². The van der Waals surface area contributed by atoms with Crippen LogP contribution in [-0.2, 0) is 4.79 Å². The molecule has 0 saturated heterocycles. The Morgan fingerprint density at radius 1 is 1.56 bits per heavy atom. The Bertz CT molecular complexity index is 441. The van der Waals surface area contributed by atoms with Crippen LogP contribution in [0.5, 0.6) is 5.75 Å². The smallest absolute Gasteiger partial charge is 0.225 e. The van der Waals surface area contributed by atoms with Crippen LogP contribution in [0.4, 0.5) is 5.69 Å². The Balaban J connectivity index is 1.93. The van der Waals surface area contributed by atoms with E-state index in [0.29, 0.717) is 12.3 Å². The molecule has 1 aliphatic rings. The van der Waals surface area contributed by atoms with Gasteiger partial charge in [0, 0.05) is 18.2 Å². The normalized spacial score (nSPS) is 16.2. The molecule has 1 aromatic rings. The van der Waals surface area contributed by atoms with Gasteiger partial charge in [-0.2, -0.15) is 0 Å². The van der Waals surface area contributed by atoms with Gasteiger partial charge in [0.25, 0.3) is 0 Å². The third-order valence-electron chi connectivity index (χ3n) is 3.36. The first-order chi connectivity index (χ1) is 8.60. The molecule has 0 radical (unpaired) electrons. The van der Waals surface area contributed by atoms with Gasteiger partial charge < -0.3 is 15.8 Å². The molecule has 18 heavy (non-hydrogen) atoms. The highest BCUT2D eigenvalue weighted by Gasteiger charge is 2.29. The summed E-state index contributed by atoms with van der Waals surface area (Å²) in [6.45, 7) is 1.94. The fourth-order valence-corrected chi connectivity index (χ4v) is 2.01. The first kappa shape index (κ1) is 12.9. The van der Waals surface area contributed by atoms with Gasteiger partial charge in [-0.3, -0.25) is 4.79 Å². The van der Waals surface area contributed by atoms with Crippen molar-refractivity contribution < 1.29 is 9.53 Å². The maximum Gasteiger partial charge on any atom is 0.225 e. The summed E-state index contributed by atoms with van der Waals surface area (Å²) >= 11 is 0. The standard InChI is InChI=1S/C14H20N2O2/c1-9-7-11(18-2)5-6-13(9)16-14(17)8-12(15)10-3-4-10/h5-7,10,12H,3-4,8,15H2,1-2H3,(H,16,17). The Hall–Kier alpha value is -1.55. The Morgan fingerprint density at radius 2 is 2.28 bits per heavy atom. The lowest BCUT2D eigenvalue weighted by Crippen LogP contribution is -2.29. The summed E-state index contributed by atoms with van der Waals surface area (Å²) in [6.07, 6.45) is 2.72. The van der Waals surface area contributed by atoms with E-state index in [1.54, 1.807) is 7.11 Å². The van der Waals surface area contributed by atoms with Crippen molar-refractivity contribution in [2.75, 3.05) is 12.4 Å². The number of carbonyl (C=O) groups is 1. The quantitative estimate of drug-likeness (QED) is 0.838. The highest BCUT2D eigenvalue weighted by Crippen LogP contribution is 2.33. The van der Waals surface area contributed by atoms with E-state index in [4.69, 9.17) is 10.5 Å². The average Bonchev–Trinajstić information content (AvgIpc) is 3.15. The van der Waals surface area contributed by atoms with E-state index in [9.17, 15) is 4.79 Å². The Kier molecular flexibility index (Phi) is 3.87. The number of rotatable bonds is 5. The minimum Gasteiger partial charge on any atom is -0.497 e. The monoisotopic (exact) mass is 248 g/mol. The van der Waals surface area contributed by atoms with E-state index < -0.39 is 0 Å². The lowest BCUT2D eigenvalue weighted by atomic mass is 10.1. The molecule has 1 aromatic carbocycles. The molecule has 1 aliphatic carbocycles. The zero-order valence-electron chi connectivity index (χ0n) is 10.9. The predicted molar refractivity (Wildman–Crippen MR) is 71.7 cm³/mol. The molecule has 0 spiro atoms. The lowest BCUT2D eigenvalue weighted by Gasteiger charge is -2.12. The molecule has 2 rings (SSSR count). The molecule has 4 nitrogen and oxygen atoms in total. The van der Waals surface area contributed by atoms with Crippen LogP contribution in [0, 0.1) is 12.8 Å². The molecule has 0 aromatic heterocycles. The highest BCUT2D eigenvalue weighted by atomic mass is 16.5. The van der Waals surface area contributed by atoms with Crippen molar-refractivity contribution in [3.05, 3.63) is 23.8 Å². The van der Waals surface area contributed by atoms with Gasteiger partial charge in [-0.05, 0) is 49.4 Å². The van der Waals surface area contributed by atoms with Crippen molar-refractivity contribution in [1.29, 1.82) is 0 Å². The Labute approximate surface area is 108 Å². The molecular formula is C14H20N2O2. The summed E-state index contributed by atoms with van der Waals surface area (Å²) in [5, 5.41) is 2.90. The summed E-state index contributed by atoms with van der Waals surface area (Å²) in [6, 6.07) is 5.60. The second-order valence-corrected chi connectivity index (χ2v) is 4.93. The van der Waals surface area contributed by atoms with E-state index in [1.807, 2.05) is 25.1 Å². The number of benzene rings is 1. The maximum atomic E-state index is 11.8. The molecule has 0 heterocycles. The minimum absolute atomic E-state index is 0.00329. The van der Waals surface area contributed by atoms with Crippen LogP contribution >= 0.6 is 0 Å². The molecule has 1 amide bonds. The molecule has 98 valence electrons. The molecule has 0 bridgehead atoms. The number of nitrogens with two attached hydrogens (primary N) is 1. The number of methoxy groups -OCH3 is 1. The van der Waals surface area contributed by atoms with E-state index in [-0.39, 0.29) is 11.9 Å². The fraction of sp³-hybridized carbons (Fsp3) is 0.500. The molecule has 4 heteroatoms. The molecule has 1 unspecified atom stereocenters. The van der Waals surface area contributed by atoms with Crippen molar-refractivity contribution in [3.63, 3.8) is 0 Å². The zero-order valence-corrected chi connectivity index (χ0v) is 10.9. The van der Waals surface area contributed by atoms with Gasteiger partial charge in [0.2, 0.25) is 5.91 Å². The van der Waals surface area contributed by atoms with Crippen molar-refractivity contribution >= 4 is 11.6 Å². The van der Waals surface area contributed by atoms with Crippen LogP contribution in [0.3, 0.4) is 0 Å². The molecule has 3 N–H and O–H groups in total. The van der Waals surface area contributed by atoms with Gasteiger partial charge in [0.05, 0.1) is 7.11 Å². The number of ether oxygens (including phenoxy) is 1. The number of carbonyl (C=O) groups excluding carboxylic acids is 1. The summed E-state index contributed by atoms with van der Waals surface area (Å²) in [5.74, 6) is 1.33. The van der Waals surface area contributed by atoms with Crippen LogP contribution in [-0.4, -0.2) is 19.1 Å². The average molecular weight is 248 g/mol. The van der Waals surface area contributed by atoms with Gasteiger partial charge in [0.15, 0.2) is 0 Å². The first-order valence-corrected chi connectivity index (χ1v) is 6.30. The summed E-state index contributed by atoms with van der Waals surface area (Å²) in [4.78, 5) is 11.8. The van der Waals surface area contributed by atoms with E-state index in [1.165, 1.54) is 0 Å². The van der Waals surface area contributed by atoms with Gasteiger partial charge in [-0.25, -0.2) is 0 Å².